The summed E-state index contributed by atoms with van der Waals surface area (Å²) in [6, 6.07) is 5.61. The Morgan fingerprint density at radius 1 is 1.22 bits per heavy atom. The fourth-order valence-electron chi connectivity index (χ4n) is 3.65. The van der Waals surface area contributed by atoms with Gasteiger partial charge >= 0.3 is 6.03 Å². The summed E-state index contributed by atoms with van der Waals surface area (Å²) in [4.78, 5) is 16.8. The van der Waals surface area contributed by atoms with Gasteiger partial charge in [0.2, 0.25) is 0 Å². The van der Waals surface area contributed by atoms with Crippen molar-refractivity contribution in [2.24, 2.45) is 0 Å². The Morgan fingerprint density at radius 2 is 1.91 bits per heavy atom. The third-order valence-corrected chi connectivity index (χ3v) is 5.07. The van der Waals surface area contributed by atoms with Gasteiger partial charge in [0.05, 0.1) is 0 Å². The van der Waals surface area contributed by atoms with E-state index in [0.29, 0.717) is 18.2 Å². The first-order chi connectivity index (χ1) is 11.1. The molecule has 3 rings (SSSR count). The van der Waals surface area contributed by atoms with Crippen LogP contribution in [0.5, 0.6) is 0 Å². The molecule has 1 aromatic rings. The van der Waals surface area contributed by atoms with Crippen LogP contribution in [-0.2, 0) is 6.54 Å². The van der Waals surface area contributed by atoms with Crippen molar-refractivity contribution >= 4 is 6.03 Å². The third-order valence-electron chi connectivity index (χ3n) is 5.07. The molecule has 0 aromatic heterocycles. The number of benzene rings is 1. The maximum atomic E-state index is 13.3. The van der Waals surface area contributed by atoms with Crippen molar-refractivity contribution in [2.45, 2.75) is 45.2 Å². The predicted octanol–water partition coefficient (Wildman–Crippen LogP) is 2.90. The van der Waals surface area contributed by atoms with Crippen molar-refractivity contribution in [1.82, 2.24) is 15.1 Å². The summed E-state index contributed by atoms with van der Waals surface area (Å²) in [7, 11) is 0. The van der Waals surface area contributed by atoms with Gasteiger partial charge in [-0.25, -0.2) is 9.18 Å². The minimum atomic E-state index is -0.205. The zero-order chi connectivity index (χ0) is 16.2. The number of hydrogen-bond acceptors (Lipinski definition) is 2. The predicted molar refractivity (Wildman–Crippen MR) is 88.8 cm³/mol. The van der Waals surface area contributed by atoms with Crippen molar-refractivity contribution in [3.05, 3.63) is 35.1 Å². The fraction of sp³-hybridized carbons (Fsp3) is 0.611. The van der Waals surface area contributed by atoms with Gasteiger partial charge in [0, 0.05) is 25.7 Å². The topological polar surface area (TPSA) is 35.6 Å². The SMILES string of the molecule is Cc1cc(CNC(=O)N2CCC(N3CCCC3)CC2)ccc1F. The number of rotatable bonds is 3. The van der Waals surface area contributed by atoms with Crippen LogP contribution in [0.3, 0.4) is 0 Å². The van der Waals surface area contributed by atoms with Crippen LogP contribution in [0.15, 0.2) is 18.2 Å². The van der Waals surface area contributed by atoms with Crippen molar-refractivity contribution in [3.63, 3.8) is 0 Å². The number of nitrogens with zero attached hydrogens (tertiary/aromatic N) is 2. The lowest BCUT2D eigenvalue weighted by Crippen LogP contribution is -2.48. The van der Waals surface area contributed by atoms with Crippen LogP contribution in [0.1, 0.15) is 36.8 Å². The van der Waals surface area contributed by atoms with Crippen LogP contribution in [0.2, 0.25) is 0 Å². The average molecular weight is 319 g/mol. The van der Waals surface area contributed by atoms with Crippen molar-refractivity contribution in [3.8, 4) is 0 Å². The van der Waals surface area contributed by atoms with Gasteiger partial charge in [-0.2, -0.15) is 0 Å². The standard InChI is InChI=1S/C18H26FN3O/c1-14-12-15(4-5-17(14)19)13-20-18(23)22-10-6-16(7-11-22)21-8-2-3-9-21/h4-5,12,16H,2-3,6-11,13H2,1H3,(H,20,23). The number of carbonyl (C=O) groups is 1. The van der Waals surface area contributed by atoms with Gasteiger partial charge in [-0.1, -0.05) is 12.1 Å². The third kappa shape index (κ3) is 4.02. The summed E-state index contributed by atoms with van der Waals surface area (Å²) in [5, 5.41) is 2.95. The summed E-state index contributed by atoms with van der Waals surface area (Å²) >= 11 is 0. The number of amides is 2. The minimum Gasteiger partial charge on any atom is -0.334 e. The molecule has 2 aliphatic heterocycles. The molecule has 0 saturated carbocycles. The van der Waals surface area contributed by atoms with E-state index in [1.54, 1.807) is 19.1 Å². The van der Waals surface area contributed by atoms with Crippen LogP contribution in [0, 0.1) is 12.7 Å². The first-order valence-corrected chi connectivity index (χ1v) is 8.65. The summed E-state index contributed by atoms with van der Waals surface area (Å²) in [5.74, 6) is -0.205. The molecule has 126 valence electrons. The first-order valence-electron chi connectivity index (χ1n) is 8.65. The Morgan fingerprint density at radius 3 is 2.57 bits per heavy atom. The highest BCUT2D eigenvalue weighted by atomic mass is 19.1. The van der Waals surface area contributed by atoms with Gasteiger partial charge in [0.25, 0.3) is 0 Å². The summed E-state index contributed by atoms with van der Waals surface area (Å²) in [6.07, 6.45) is 4.78. The van der Waals surface area contributed by atoms with Crippen molar-refractivity contribution in [1.29, 1.82) is 0 Å². The molecule has 0 bridgehead atoms. The molecule has 2 amide bonds. The Balaban J connectivity index is 1.44. The summed E-state index contributed by atoms with van der Waals surface area (Å²) in [5.41, 5.74) is 1.55. The Kier molecular flexibility index (Phi) is 5.16. The molecule has 5 heteroatoms. The minimum absolute atomic E-state index is 0.00755. The maximum Gasteiger partial charge on any atom is 0.317 e. The van der Waals surface area contributed by atoms with E-state index in [2.05, 4.69) is 10.2 Å². The first kappa shape index (κ1) is 16.2. The lowest BCUT2D eigenvalue weighted by atomic mass is 10.0. The quantitative estimate of drug-likeness (QED) is 0.930. The van der Waals surface area contributed by atoms with Crippen LogP contribution < -0.4 is 5.32 Å². The highest BCUT2D eigenvalue weighted by Crippen LogP contribution is 2.21. The summed E-state index contributed by atoms with van der Waals surface area (Å²) in [6.45, 7) is 6.29. The zero-order valence-electron chi connectivity index (χ0n) is 13.9. The molecule has 2 aliphatic rings. The molecule has 23 heavy (non-hydrogen) atoms. The highest BCUT2D eigenvalue weighted by Gasteiger charge is 2.28. The van der Waals surface area contributed by atoms with Crippen molar-refractivity contribution < 1.29 is 9.18 Å². The molecule has 0 aliphatic carbocycles. The average Bonchev–Trinajstić information content (AvgIpc) is 3.10. The van der Waals surface area contributed by atoms with E-state index in [9.17, 15) is 9.18 Å². The molecule has 0 spiro atoms. The molecule has 2 fully saturated rings. The molecule has 2 heterocycles. The monoisotopic (exact) mass is 319 g/mol. The van der Waals surface area contributed by atoms with Gasteiger partial charge in [-0.05, 0) is 62.9 Å². The molecule has 4 nitrogen and oxygen atoms in total. The Bertz CT molecular complexity index is 549. The molecule has 0 unspecified atom stereocenters. The maximum absolute atomic E-state index is 13.3. The molecule has 0 atom stereocenters. The van der Waals surface area contributed by atoms with Gasteiger partial charge in [-0.15, -0.1) is 0 Å². The van der Waals surface area contributed by atoms with E-state index in [1.807, 2.05) is 4.90 Å². The number of likely N-dealkylation sites (tertiary alicyclic amines) is 2. The number of hydrogen-bond donors (Lipinski definition) is 1. The molecule has 1 N–H and O–H groups in total. The van der Waals surface area contributed by atoms with E-state index in [0.717, 1.165) is 31.5 Å². The molecular formula is C18H26FN3O. The second kappa shape index (κ2) is 7.30. The number of aryl methyl sites for hydroxylation is 1. The van der Waals surface area contributed by atoms with Crippen LogP contribution in [0.25, 0.3) is 0 Å². The van der Waals surface area contributed by atoms with E-state index in [4.69, 9.17) is 0 Å². The molecule has 0 radical (unpaired) electrons. The van der Waals surface area contributed by atoms with Gasteiger partial charge in [-0.3, -0.25) is 0 Å². The number of halogens is 1. The number of nitrogens with one attached hydrogen (secondary N) is 1. The van der Waals surface area contributed by atoms with E-state index in [1.165, 1.54) is 32.0 Å². The second-order valence-electron chi connectivity index (χ2n) is 6.70. The van der Waals surface area contributed by atoms with E-state index in [-0.39, 0.29) is 11.8 Å². The largest absolute Gasteiger partial charge is 0.334 e. The highest BCUT2D eigenvalue weighted by molar-refractivity contribution is 5.74. The molecule has 1 aromatic carbocycles. The smallest absolute Gasteiger partial charge is 0.317 e. The van der Waals surface area contributed by atoms with Crippen molar-refractivity contribution in [2.75, 3.05) is 26.2 Å². The van der Waals surface area contributed by atoms with Gasteiger partial charge in [0.1, 0.15) is 5.82 Å². The Labute approximate surface area is 137 Å². The molecule has 2 saturated heterocycles. The van der Waals surface area contributed by atoms with Crippen LogP contribution in [0.4, 0.5) is 9.18 Å². The van der Waals surface area contributed by atoms with Gasteiger partial charge < -0.3 is 15.1 Å². The normalized spacial score (nSPS) is 20.0. The lowest BCUT2D eigenvalue weighted by molar-refractivity contribution is 0.134. The van der Waals surface area contributed by atoms with E-state index >= 15 is 0 Å². The second-order valence-corrected chi connectivity index (χ2v) is 6.70. The van der Waals surface area contributed by atoms with Crippen LogP contribution >= 0.6 is 0 Å². The number of carbonyl (C=O) groups excluding carboxylic acids is 1. The fourth-order valence-corrected chi connectivity index (χ4v) is 3.65. The summed E-state index contributed by atoms with van der Waals surface area (Å²) < 4.78 is 13.3. The van der Waals surface area contributed by atoms with E-state index < -0.39 is 0 Å². The van der Waals surface area contributed by atoms with Crippen LogP contribution in [-0.4, -0.2) is 48.1 Å². The lowest BCUT2D eigenvalue weighted by Gasteiger charge is -2.36. The van der Waals surface area contributed by atoms with Gasteiger partial charge in [0.15, 0.2) is 0 Å². The zero-order valence-corrected chi connectivity index (χ0v) is 13.9. The number of urea groups is 1. The molecular weight excluding hydrogens is 293 g/mol. The Hall–Kier alpha value is -1.62. The number of piperidine rings is 1.